The van der Waals surface area contributed by atoms with E-state index in [-0.39, 0.29) is 18.8 Å². The lowest BCUT2D eigenvalue weighted by Crippen LogP contribution is -2.56. The molecule has 1 saturated heterocycles. The highest BCUT2D eigenvalue weighted by atomic mass is 16.4. The number of nitrogens with one attached hydrogen (secondary N) is 2. The van der Waals surface area contributed by atoms with Crippen molar-refractivity contribution in [3.63, 3.8) is 0 Å². The quantitative estimate of drug-likeness (QED) is 0.271. The number of likely N-dealkylation sites (tertiary alicyclic amines) is 1. The molecule has 4 atom stereocenters. The van der Waals surface area contributed by atoms with Gasteiger partial charge in [-0.15, -0.1) is 0 Å². The summed E-state index contributed by atoms with van der Waals surface area (Å²) in [4.78, 5) is 61.2. The molecule has 1 aliphatic heterocycles. The number of carboxylic acids is 1. The Balaban J connectivity index is 2.80. The third-order valence-electron chi connectivity index (χ3n) is 4.92. The van der Waals surface area contributed by atoms with Crippen LogP contribution in [0.3, 0.4) is 0 Å². The first-order chi connectivity index (χ1) is 13.9. The molecule has 4 unspecified atom stereocenters. The number of carbonyl (C=O) groups excluding carboxylic acids is 4. The van der Waals surface area contributed by atoms with E-state index >= 15 is 0 Å². The normalized spacial score (nSPS) is 19.1. The van der Waals surface area contributed by atoms with Crippen LogP contribution in [-0.2, 0) is 24.0 Å². The minimum atomic E-state index is -1.10. The fourth-order valence-electron chi connectivity index (χ4n) is 3.36. The highest BCUT2D eigenvalue weighted by Crippen LogP contribution is 2.18. The molecule has 0 saturated carbocycles. The molecule has 0 bridgehead atoms. The molecule has 0 radical (unpaired) electrons. The maximum absolute atomic E-state index is 12.7. The van der Waals surface area contributed by atoms with E-state index in [2.05, 4.69) is 10.6 Å². The van der Waals surface area contributed by atoms with Gasteiger partial charge in [0.2, 0.25) is 23.6 Å². The Hall–Kier alpha value is -2.69. The average Bonchev–Trinajstić information content (AvgIpc) is 3.13. The predicted molar refractivity (Wildman–Crippen MR) is 108 cm³/mol. The molecule has 11 heteroatoms. The molecule has 0 aromatic rings. The molecule has 0 aromatic heterocycles. The summed E-state index contributed by atoms with van der Waals surface area (Å²) in [7, 11) is 0. The van der Waals surface area contributed by atoms with Crippen molar-refractivity contribution in [1.82, 2.24) is 15.5 Å². The van der Waals surface area contributed by atoms with E-state index in [0.29, 0.717) is 25.8 Å². The minimum Gasteiger partial charge on any atom is -0.480 e. The van der Waals surface area contributed by atoms with Crippen molar-refractivity contribution in [2.24, 2.45) is 17.4 Å². The number of nitrogens with zero attached hydrogens (tertiary/aromatic N) is 1. The number of carboxylic acid groups (broad SMARTS) is 1. The number of carbonyl (C=O) groups is 5. The molecule has 1 heterocycles. The van der Waals surface area contributed by atoms with Crippen LogP contribution < -0.4 is 22.1 Å². The molecule has 0 spiro atoms. The number of hydrogen-bond acceptors (Lipinski definition) is 6. The summed E-state index contributed by atoms with van der Waals surface area (Å²) in [5.41, 5.74) is 11.0. The number of aliphatic carboxylic acids is 1. The smallest absolute Gasteiger partial charge is 0.326 e. The number of hydrogen-bond donors (Lipinski definition) is 5. The van der Waals surface area contributed by atoms with Crippen molar-refractivity contribution in [3.05, 3.63) is 0 Å². The van der Waals surface area contributed by atoms with Gasteiger partial charge in [0, 0.05) is 13.0 Å². The van der Waals surface area contributed by atoms with Gasteiger partial charge < -0.3 is 32.1 Å². The zero-order chi connectivity index (χ0) is 23.0. The Bertz CT molecular complexity index is 668. The third-order valence-corrected chi connectivity index (χ3v) is 4.92. The van der Waals surface area contributed by atoms with Gasteiger partial charge in [-0.3, -0.25) is 19.2 Å². The van der Waals surface area contributed by atoms with Crippen LogP contribution in [0.2, 0.25) is 0 Å². The summed E-state index contributed by atoms with van der Waals surface area (Å²) < 4.78 is 0. The zero-order valence-corrected chi connectivity index (χ0v) is 17.7. The first-order valence-corrected chi connectivity index (χ1v) is 10.1. The van der Waals surface area contributed by atoms with Gasteiger partial charge in [-0.25, -0.2) is 4.79 Å². The van der Waals surface area contributed by atoms with E-state index < -0.39 is 53.8 Å². The Morgan fingerprint density at radius 2 is 1.73 bits per heavy atom. The molecule has 7 N–H and O–H groups in total. The molecule has 1 fully saturated rings. The number of nitrogens with two attached hydrogens (primary N) is 2. The van der Waals surface area contributed by atoms with Gasteiger partial charge in [0.1, 0.15) is 18.1 Å². The van der Waals surface area contributed by atoms with E-state index in [1.165, 1.54) is 11.8 Å². The standard InChI is InChI=1S/C19H33N5O6/c1-10(2)9-12(20)16(26)23-13(6-7-15(21)25)17(27)22-11(3)18(28)24-8-4-5-14(24)19(29)30/h10-14H,4-9,20H2,1-3H3,(H2,21,25)(H,22,27)(H,23,26)(H,29,30). The number of amides is 4. The minimum absolute atomic E-state index is 0.0519. The summed E-state index contributed by atoms with van der Waals surface area (Å²) in [5.74, 6) is -3.30. The maximum Gasteiger partial charge on any atom is 0.326 e. The van der Waals surface area contributed by atoms with E-state index in [1.54, 1.807) is 0 Å². The van der Waals surface area contributed by atoms with Gasteiger partial charge in [-0.2, -0.15) is 0 Å². The Morgan fingerprint density at radius 1 is 1.10 bits per heavy atom. The summed E-state index contributed by atoms with van der Waals surface area (Å²) in [5, 5.41) is 14.2. The Morgan fingerprint density at radius 3 is 2.27 bits per heavy atom. The second kappa shape index (κ2) is 11.5. The van der Waals surface area contributed by atoms with Crippen LogP contribution in [0, 0.1) is 5.92 Å². The molecule has 4 amide bonds. The van der Waals surface area contributed by atoms with Gasteiger partial charge in [0.25, 0.3) is 0 Å². The predicted octanol–water partition coefficient (Wildman–Crippen LogP) is -1.31. The second-order valence-electron chi connectivity index (χ2n) is 8.06. The van der Waals surface area contributed by atoms with Gasteiger partial charge in [0.05, 0.1) is 6.04 Å². The van der Waals surface area contributed by atoms with Crippen LogP contribution in [-0.4, -0.2) is 70.3 Å². The van der Waals surface area contributed by atoms with Crippen LogP contribution in [0.5, 0.6) is 0 Å². The summed E-state index contributed by atoms with van der Waals surface area (Å²) in [6, 6.07) is -3.85. The molecule has 0 aliphatic carbocycles. The van der Waals surface area contributed by atoms with Crippen molar-refractivity contribution in [2.45, 2.75) is 77.0 Å². The van der Waals surface area contributed by atoms with E-state index in [0.717, 1.165) is 0 Å². The fourth-order valence-corrected chi connectivity index (χ4v) is 3.36. The molecule has 1 aliphatic rings. The summed E-state index contributed by atoms with van der Waals surface area (Å²) in [6.45, 7) is 5.54. The van der Waals surface area contributed by atoms with Crippen LogP contribution >= 0.6 is 0 Å². The highest BCUT2D eigenvalue weighted by molar-refractivity contribution is 5.94. The molecule has 11 nitrogen and oxygen atoms in total. The van der Waals surface area contributed by atoms with Crippen LogP contribution in [0.1, 0.15) is 52.9 Å². The second-order valence-corrected chi connectivity index (χ2v) is 8.06. The summed E-state index contributed by atoms with van der Waals surface area (Å²) in [6.07, 6.45) is 1.13. The average molecular weight is 428 g/mol. The van der Waals surface area contributed by atoms with E-state index in [1.807, 2.05) is 13.8 Å². The molecule has 0 aromatic carbocycles. The summed E-state index contributed by atoms with van der Waals surface area (Å²) >= 11 is 0. The first-order valence-electron chi connectivity index (χ1n) is 10.1. The fraction of sp³-hybridized carbons (Fsp3) is 0.737. The highest BCUT2D eigenvalue weighted by Gasteiger charge is 2.37. The number of primary amides is 1. The topological polar surface area (TPSA) is 185 Å². The molecule has 30 heavy (non-hydrogen) atoms. The molecule has 1 rings (SSSR count). The van der Waals surface area contributed by atoms with Gasteiger partial charge in [-0.05, 0) is 38.5 Å². The lowest BCUT2D eigenvalue weighted by molar-refractivity contribution is -0.149. The number of rotatable bonds is 11. The Labute approximate surface area is 175 Å². The van der Waals surface area contributed by atoms with Gasteiger partial charge in [0.15, 0.2) is 0 Å². The van der Waals surface area contributed by atoms with Crippen molar-refractivity contribution in [2.75, 3.05) is 6.54 Å². The molecular formula is C19H33N5O6. The van der Waals surface area contributed by atoms with E-state index in [4.69, 9.17) is 11.5 Å². The van der Waals surface area contributed by atoms with Gasteiger partial charge in [-0.1, -0.05) is 13.8 Å². The lowest BCUT2D eigenvalue weighted by Gasteiger charge is -2.27. The zero-order valence-electron chi connectivity index (χ0n) is 17.7. The monoisotopic (exact) mass is 427 g/mol. The molecule has 170 valence electrons. The maximum atomic E-state index is 12.7. The van der Waals surface area contributed by atoms with Crippen LogP contribution in [0.4, 0.5) is 0 Å². The molecular weight excluding hydrogens is 394 g/mol. The van der Waals surface area contributed by atoms with Crippen molar-refractivity contribution >= 4 is 29.6 Å². The first kappa shape index (κ1) is 25.3. The van der Waals surface area contributed by atoms with Crippen molar-refractivity contribution < 1.29 is 29.1 Å². The largest absolute Gasteiger partial charge is 0.480 e. The van der Waals surface area contributed by atoms with Crippen molar-refractivity contribution in [1.29, 1.82) is 0 Å². The van der Waals surface area contributed by atoms with Crippen molar-refractivity contribution in [3.8, 4) is 0 Å². The third kappa shape index (κ3) is 7.62. The van der Waals surface area contributed by atoms with Crippen LogP contribution in [0.25, 0.3) is 0 Å². The SMILES string of the molecule is CC(C)CC(N)C(=O)NC(CCC(N)=O)C(=O)NC(C)C(=O)N1CCCC1C(=O)O. The lowest BCUT2D eigenvalue weighted by atomic mass is 10.0. The van der Waals surface area contributed by atoms with Crippen LogP contribution in [0.15, 0.2) is 0 Å². The van der Waals surface area contributed by atoms with Gasteiger partial charge >= 0.3 is 5.97 Å². The van der Waals surface area contributed by atoms with E-state index in [9.17, 15) is 29.1 Å². The Kier molecular flexibility index (Phi) is 9.70.